The first kappa shape index (κ1) is 31.5. The second-order valence-electron chi connectivity index (χ2n) is 7.21. The first-order valence-electron chi connectivity index (χ1n) is 9.66. The Morgan fingerprint density at radius 3 is 1.55 bits per heavy atom. The van der Waals surface area contributed by atoms with E-state index in [4.69, 9.17) is 5.11 Å². The van der Waals surface area contributed by atoms with Crippen molar-refractivity contribution in [1.29, 1.82) is 0 Å². The molecular weight excluding hydrogens is 495 g/mol. The van der Waals surface area contributed by atoms with Gasteiger partial charge in [0.2, 0.25) is 0 Å². The van der Waals surface area contributed by atoms with Crippen LogP contribution in [-0.4, -0.2) is 50.7 Å². The van der Waals surface area contributed by atoms with Crippen molar-refractivity contribution in [3.05, 3.63) is 59.7 Å². The molecule has 0 aliphatic rings. The molecule has 0 amide bonds. The number of benzene rings is 2. The SMILES string of the molecule is CCC(C)(CO)N=Cc1ccccc1O.CCC(C)(O)/N=C/c1ccccc1O.[Cu].[Cu]. The average molecular weight is 528 g/mol. The van der Waals surface area contributed by atoms with Crippen molar-refractivity contribution in [2.24, 2.45) is 9.98 Å². The number of aliphatic imine (C=N–C) groups is 2. The number of aliphatic hydroxyl groups excluding tert-OH is 1. The average Bonchev–Trinajstić information content (AvgIpc) is 2.73. The van der Waals surface area contributed by atoms with Crippen molar-refractivity contribution in [1.82, 2.24) is 0 Å². The summed E-state index contributed by atoms with van der Waals surface area (Å²) >= 11 is 0. The fourth-order valence-corrected chi connectivity index (χ4v) is 1.96. The summed E-state index contributed by atoms with van der Waals surface area (Å²) in [7, 11) is 0. The molecule has 0 spiro atoms. The Morgan fingerprint density at radius 1 is 0.774 bits per heavy atom. The number of para-hydroxylation sites is 2. The molecule has 2 rings (SSSR count). The Labute approximate surface area is 206 Å². The summed E-state index contributed by atoms with van der Waals surface area (Å²) in [5.74, 6) is 0.376. The fourth-order valence-electron chi connectivity index (χ4n) is 1.96. The number of hydrogen-bond acceptors (Lipinski definition) is 6. The molecule has 2 radical (unpaired) electrons. The molecule has 2 aromatic rings. The van der Waals surface area contributed by atoms with E-state index in [1.165, 1.54) is 6.21 Å². The van der Waals surface area contributed by atoms with Crippen LogP contribution in [0.3, 0.4) is 0 Å². The molecule has 0 aromatic heterocycles. The largest absolute Gasteiger partial charge is 0.507 e. The number of nitrogens with zero attached hydrogens (tertiary/aromatic N) is 2. The van der Waals surface area contributed by atoms with Crippen LogP contribution in [0.25, 0.3) is 0 Å². The molecule has 4 N–H and O–H groups in total. The number of rotatable bonds is 7. The molecule has 31 heavy (non-hydrogen) atoms. The zero-order valence-electron chi connectivity index (χ0n) is 18.2. The van der Waals surface area contributed by atoms with Gasteiger partial charge in [-0.3, -0.25) is 9.98 Å². The van der Waals surface area contributed by atoms with Crippen LogP contribution >= 0.6 is 0 Å². The molecular formula is C23H32Cu2N2O4. The molecule has 0 aliphatic carbocycles. The fraction of sp³-hybridized carbons (Fsp3) is 0.391. The number of aliphatic hydroxyl groups is 2. The first-order chi connectivity index (χ1) is 13.7. The second kappa shape index (κ2) is 15.2. The first-order valence-corrected chi connectivity index (χ1v) is 9.66. The van der Waals surface area contributed by atoms with E-state index < -0.39 is 11.3 Å². The van der Waals surface area contributed by atoms with E-state index in [1.807, 2.05) is 32.9 Å². The van der Waals surface area contributed by atoms with Crippen molar-refractivity contribution in [3.8, 4) is 11.5 Å². The summed E-state index contributed by atoms with van der Waals surface area (Å²) in [6.45, 7) is 7.33. The summed E-state index contributed by atoms with van der Waals surface area (Å²) in [6.07, 6.45) is 4.39. The quantitative estimate of drug-likeness (QED) is 0.324. The number of phenols is 2. The van der Waals surface area contributed by atoms with Gasteiger partial charge in [0.25, 0.3) is 0 Å². The molecule has 8 heteroatoms. The summed E-state index contributed by atoms with van der Waals surface area (Å²) < 4.78 is 0. The van der Waals surface area contributed by atoms with Gasteiger partial charge in [0.05, 0.1) is 12.1 Å². The van der Waals surface area contributed by atoms with Gasteiger partial charge in [-0.2, -0.15) is 0 Å². The summed E-state index contributed by atoms with van der Waals surface area (Å²) in [5.41, 5.74) is -0.225. The van der Waals surface area contributed by atoms with Gasteiger partial charge < -0.3 is 20.4 Å². The molecule has 2 aromatic carbocycles. The van der Waals surface area contributed by atoms with Crippen molar-refractivity contribution in [2.75, 3.05) is 6.61 Å². The number of aromatic hydroxyl groups is 2. The predicted octanol–water partition coefficient (Wildman–Crippen LogP) is 3.90. The Morgan fingerprint density at radius 2 is 1.19 bits per heavy atom. The molecule has 0 saturated carbocycles. The molecule has 2 unspecified atom stereocenters. The minimum absolute atomic E-state index is 0. The maximum atomic E-state index is 9.60. The summed E-state index contributed by atoms with van der Waals surface area (Å²) in [6, 6.07) is 13.9. The van der Waals surface area contributed by atoms with E-state index in [0.29, 0.717) is 17.5 Å². The molecule has 180 valence electrons. The molecule has 0 fully saturated rings. The Bertz CT molecular complexity index is 823. The normalized spacial score (nSPS) is 14.5. The summed E-state index contributed by atoms with van der Waals surface area (Å²) in [4.78, 5) is 8.26. The summed E-state index contributed by atoms with van der Waals surface area (Å²) in [5, 5.41) is 37.7. The number of hydrogen-bond donors (Lipinski definition) is 4. The van der Waals surface area contributed by atoms with Gasteiger partial charge in [-0.05, 0) is 51.0 Å². The Kier molecular flexibility index (Phi) is 15.4. The van der Waals surface area contributed by atoms with Crippen LogP contribution in [0.1, 0.15) is 51.7 Å². The van der Waals surface area contributed by atoms with Crippen molar-refractivity contribution in [2.45, 2.75) is 51.8 Å². The van der Waals surface area contributed by atoms with Crippen LogP contribution in [0.2, 0.25) is 0 Å². The Balaban J connectivity index is 0. The number of phenolic OH excluding ortho intramolecular Hbond substituents is 2. The van der Waals surface area contributed by atoms with Crippen LogP contribution in [0.4, 0.5) is 0 Å². The topological polar surface area (TPSA) is 106 Å². The van der Waals surface area contributed by atoms with Gasteiger partial charge in [0.15, 0.2) is 5.72 Å². The Hall–Kier alpha value is -1.66. The molecule has 2 atom stereocenters. The third kappa shape index (κ3) is 11.5. The van der Waals surface area contributed by atoms with E-state index in [1.54, 1.807) is 49.5 Å². The van der Waals surface area contributed by atoms with Crippen molar-refractivity contribution >= 4 is 12.4 Å². The minimum atomic E-state index is -1.05. The maximum absolute atomic E-state index is 9.60. The van der Waals surface area contributed by atoms with E-state index in [0.717, 1.165) is 6.42 Å². The molecule has 0 saturated heterocycles. The van der Waals surface area contributed by atoms with Crippen LogP contribution in [0.5, 0.6) is 11.5 Å². The zero-order chi connectivity index (χ0) is 21.9. The van der Waals surface area contributed by atoms with Crippen molar-refractivity contribution < 1.29 is 54.6 Å². The predicted molar refractivity (Wildman–Crippen MR) is 118 cm³/mol. The van der Waals surface area contributed by atoms with E-state index in [9.17, 15) is 15.3 Å². The van der Waals surface area contributed by atoms with E-state index >= 15 is 0 Å². The van der Waals surface area contributed by atoms with Gasteiger partial charge in [-0.1, -0.05) is 38.1 Å². The van der Waals surface area contributed by atoms with Gasteiger partial charge in [0, 0.05) is 57.7 Å². The monoisotopic (exact) mass is 526 g/mol. The molecule has 0 bridgehead atoms. The van der Waals surface area contributed by atoms with Crippen LogP contribution in [0, 0.1) is 0 Å². The van der Waals surface area contributed by atoms with Gasteiger partial charge in [-0.25, -0.2) is 0 Å². The minimum Gasteiger partial charge on any atom is -0.507 e. The van der Waals surface area contributed by atoms with Crippen LogP contribution < -0.4 is 0 Å². The standard InChI is InChI=1S/C12H17NO2.C11H15NO2.2Cu/c1-3-12(2,9-14)13-8-10-6-4-5-7-11(10)15;1-3-11(2,14)12-8-9-6-4-5-7-10(9)13;;/h4-8,14-15H,3,9H2,1-2H3;4-8,13-14H,3H2,1-2H3;;/b;12-8+;;. The van der Waals surface area contributed by atoms with E-state index in [2.05, 4.69) is 9.98 Å². The zero-order valence-corrected chi connectivity index (χ0v) is 20.1. The van der Waals surface area contributed by atoms with Crippen LogP contribution in [-0.2, 0) is 34.1 Å². The third-order valence-electron chi connectivity index (χ3n) is 4.64. The third-order valence-corrected chi connectivity index (χ3v) is 4.64. The van der Waals surface area contributed by atoms with Gasteiger partial charge in [-0.15, -0.1) is 0 Å². The van der Waals surface area contributed by atoms with Gasteiger partial charge >= 0.3 is 0 Å². The second-order valence-corrected chi connectivity index (χ2v) is 7.21. The molecule has 6 nitrogen and oxygen atoms in total. The smallest absolute Gasteiger partial charge is 0.152 e. The molecule has 0 aliphatic heterocycles. The van der Waals surface area contributed by atoms with E-state index in [-0.39, 0.29) is 52.2 Å². The van der Waals surface area contributed by atoms with Crippen LogP contribution in [0.15, 0.2) is 58.5 Å². The molecule has 0 heterocycles. The van der Waals surface area contributed by atoms with Gasteiger partial charge in [0.1, 0.15) is 11.5 Å². The van der Waals surface area contributed by atoms with Crippen molar-refractivity contribution in [3.63, 3.8) is 0 Å². The maximum Gasteiger partial charge on any atom is 0.152 e.